The SMILES string of the molecule is NSc1ccc(NC(N)=S)cc1. The maximum Gasteiger partial charge on any atom is 0.168 e. The molecule has 0 bridgehead atoms. The molecule has 0 aromatic heterocycles. The number of nitrogens with one attached hydrogen (secondary N) is 1. The zero-order chi connectivity index (χ0) is 8.97. The molecule has 0 aliphatic carbocycles. The first kappa shape index (κ1) is 9.31. The molecule has 0 amide bonds. The molecule has 3 nitrogen and oxygen atoms in total. The Morgan fingerprint density at radius 1 is 1.33 bits per heavy atom. The molecule has 1 aromatic carbocycles. The van der Waals surface area contributed by atoms with Gasteiger partial charge in [-0.3, -0.25) is 5.14 Å². The van der Waals surface area contributed by atoms with E-state index in [1.807, 2.05) is 24.3 Å². The summed E-state index contributed by atoms with van der Waals surface area (Å²) in [6, 6.07) is 7.53. The Morgan fingerprint density at radius 3 is 2.33 bits per heavy atom. The van der Waals surface area contributed by atoms with E-state index in [1.54, 1.807) is 0 Å². The molecule has 0 aliphatic rings. The van der Waals surface area contributed by atoms with Gasteiger partial charge >= 0.3 is 0 Å². The van der Waals surface area contributed by atoms with E-state index in [0.29, 0.717) is 0 Å². The van der Waals surface area contributed by atoms with Crippen LogP contribution in [0.25, 0.3) is 0 Å². The molecule has 5 heteroatoms. The van der Waals surface area contributed by atoms with E-state index in [2.05, 4.69) is 17.5 Å². The van der Waals surface area contributed by atoms with Crippen molar-refractivity contribution >= 4 is 35.0 Å². The molecule has 0 spiro atoms. The van der Waals surface area contributed by atoms with Gasteiger partial charge < -0.3 is 11.1 Å². The van der Waals surface area contributed by atoms with E-state index in [4.69, 9.17) is 10.9 Å². The van der Waals surface area contributed by atoms with Crippen molar-refractivity contribution in [3.05, 3.63) is 24.3 Å². The van der Waals surface area contributed by atoms with Crippen molar-refractivity contribution < 1.29 is 0 Å². The van der Waals surface area contributed by atoms with Crippen LogP contribution in [0, 0.1) is 0 Å². The van der Waals surface area contributed by atoms with E-state index in [-0.39, 0.29) is 5.11 Å². The summed E-state index contributed by atoms with van der Waals surface area (Å²) in [5.74, 6) is 0. The highest BCUT2D eigenvalue weighted by molar-refractivity contribution is 7.97. The van der Waals surface area contributed by atoms with Gasteiger partial charge in [0.05, 0.1) is 0 Å². The summed E-state index contributed by atoms with van der Waals surface area (Å²) in [4.78, 5) is 1.00. The van der Waals surface area contributed by atoms with Crippen LogP contribution in [-0.4, -0.2) is 5.11 Å². The van der Waals surface area contributed by atoms with Crippen LogP contribution in [0.15, 0.2) is 29.2 Å². The Bertz CT molecular complexity index is 270. The largest absolute Gasteiger partial charge is 0.376 e. The molecule has 1 rings (SSSR count). The molecule has 0 saturated heterocycles. The van der Waals surface area contributed by atoms with E-state index >= 15 is 0 Å². The van der Waals surface area contributed by atoms with Crippen LogP contribution in [-0.2, 0) is 0 Å². The number of anilines is 1. The van der Waals surface area contributed by atoms with Crippen LogP contribution in [0.2, 0.25) is 0 Å². The van der Waals surface area contributed by atoms with Crippen LogP contribution in [0.5, 0.6) is 0 Å². The summed E-state index contributed by atoms with van der Waals surface area (Å²) in [6.07, 6.45) is 0. The second-order valence-corrected chi connectivity index (χ2v) is 3.28. The molecule has 0 atom stereocenters. The Hall–Kier alpha value is -0.780. The van der Waals surface area contributed by atoms with Gasteiger partial charge in [-0.05, 0) is 48.4 Å². The first-order valence-electron chi connectivity index (χ1n) is 3.25. The highest BCUT2D eigenvalue weighted by atomic mass is 32.2. The fourth-order valence-electron chi connectivity index (χ4n) is 0.759. The molecule has 0 heterocycles. The molecule has 1 aromatic rings. The van der Waals surface area contributed by atoms with E-state index in [0.717, 1.165) is 10.6 Å². The Balaban J connectivity index is 2.71. The standard InChI is InChI=1S/C7H9N3S2/c8-7(11)10-5-1-3-6(12-9)4-2-5/h1-4H,9H2,(H3,8,10,11). The van der Waals surface area contributed by atoms with Gasteiger partial charge in [0.2, 0.25) is 0 Å². The van der Waals surface area contributed by atoms with Gasteiger partial charge in [0.1, 0.15) is 0 Å². The molecular weight excluding hydrogens is 190 g/mol. The Kier molecular flexibility index (Phi) is 3.33. The van der Waals surface area contributed by atoms with Crippen LogP contribution >= 0.6 is 24.2 Å². The third kappa shape index (κ3) is 2.69. The van der Waals surface area contributed by atoms with Crippen molar-refractivity contribution in [1.82, 2.24) is 0 Å². The van der Waals surface area contributed by atoms with Crippen LogP contribution in [0.3, 0.4) is 0 Å². The van der Waals surface area contributed by atoms with Gasteiger partial charge in [0.15, 0.2) is 5.11 Å². The average Bonchev–Trinajstić information content (AvgIpc) is 2.05. The number of hydrogen-bond donors (Lipinski definition) is 3. The number of hydrogen-bond acceptors (Lipinski definition) is 3. The minimum Gasteiger partial charge on any atom is -0.376 e. The third-order valence-electron chi connectivity index (χ3n) is 1.26. The van der Waals surface area contributed by atoms with Crippen molar-refractivity contribution in [1.29, 1.82) is 0 Å². The normalized spacial score (nSPS) is 9.42. The molecule has 64 valence electrons. The average molecular weight is 199 g/mol. The fourth-order valence-corrected chi connectivity index (χ4v) is 1.17. The first-order chi connectivity index (χ1) is 5.72. The molecule has 0 unspecified atom stereocenters. The second kappa shape index (κ2) is 4.30. The highest BCUT2D eigenvalue weighted by Crippen LogP contribution is 2.15. The van der Waals surface area contributed by atoms with Gasteiger partial charge in [-0.1, -0.05) is 0 Å². The summed E-state index contributed by atoms with van der Waals surface area (Å²) < 4.78 is 0. The monoisotopic (exact) mass is 199 g/mol. The summed E-state index contributed by atoms with van der Waals surface area (Å²) in [5, 5.41) is 8.43. The fraction of sp³-hybridized carbons (Fsp3) is 0. The van der Waals surface area contributed by atoms with Gasteiger partial charge in [-0.2, -0.15) is 0 Å². The molecule has 0 aliphatic heterocycles. The van der Waals surface area contributed by atoms with Crippen molar-refractivity contribution in [2.75, 3.05) is 5.32 Å². The zero-order valence-electron chi connectivity index (χ0n) is 6.28. The zero-order valence-corrected chi connectivity index (χ0v) is 7.91. The highest BCUT2D eigenvalue weighted by Gasteiger charge is 1.93. The maximum atomic E-state index is 5.35. The lowest BCUT2D eigenvalue weighted by atomic mass is 10.3. The first-order valence-corrected chi connectivity index (χ1v) is 4.54. The number of benzene rings is 1. The van der Waals surface area contributed by atoms with Crippen molar-refractivity contribution in [3.8, 4) is 0 Å². The lowest BCUT2D eigenvalue weighted by molar-refractivity contribution is 1.45. The van der Waals surface area contributed by atoms with Gasteiger partial charge in [-0.25, -0.2) is 0 Å². The lowest BCUT2D eigenvalue weighted by Gasteiger charge is -2.03. The van der Waals surface area contributed by atoms with E-state index in [9.17, 15) is 0 Å². The van der Waals surface area contributed by atoms with Crippen LogP contribution < -0.4 is 16.2 Å². The van der Waals surface area contributed by atoms with E-state index < -0.39 is 0 Å². The molecule has 0 radical (unpaired) electrons. The topological polar surface area (TPSA) is 64.1 Å². The number of rotatable bonds is 2. The summed E-state index contributed by atoms with van der Waals surface area (Å²) in [7, 11) is 0. The predicted octanol–water partition coefficient (Wildman–Crippen LogP) is 1.31. The van der Waals surface area contributed by atoms with Crippen molar-refractivity contribution in [3.63, 3.8) is 0 Å². The Labute approximate surface area is 80.6 Å². The second-order valence-electron chi connectivity index (χ2n) is 2.13. The summed E-state index contributed by atoms with van der Waals surface area (Å²) in [5.41, 5.74) is 6.16. The van der Waals surface area contributed by atoms with Gasteiger partial charge in [0.25, 0.3) is 0 Å². The minimum atomic E-state index is 0.267. The summed E-state index contributed by atoms with van der Waals surface area (Å²) >= 11 is 5.88. The molecule has 0 fully saturated rings. The lowest BCUT2D eigenvalue weighted by Crippen LogP contribution is -2.18. The number of nitrogens with two attached hydrogens (primary N) is 2. The van der Waals surface area contributed by atoms with Gasteiger partial charge in [-0.15, -0.1) is 0 Å². The predicted molar refractivity (Wildman–Crippen MR) is 56.9 cm³/mol. The summed E-state index contributed by atoms with van der Waals surface area (Å²) in [6.45, 7) is 0. The molecular formula is C7H9N3S2. The van der Waals surface area contributed by atoms with Crippen LogP contribution in [0.4, 0.5) is 5.69 Å². The maximum absolute atomic E-state index is 5.35. The van der Waals surface area contributed by atoms with Crippen LogP contribution in [0.1, 0.15) is 0 Å². The molecule has 12 heavy (non-hydrogen) atoms. The van der Waals surface area contributed by atoms with Crippen molar-refractivity contribution in [2.45, 2.75) is 4.90 Å². The molecule has 5 N–H and O–H groups in total. The quantitative estimate of drug-likeness (QED) is 0.495. The number of thiocarbonyl (C=S) groups is 1. The van der Waals surface area contributed by atoms with Crippen molar-refractivity contribution in [2.24, 2.45) is 10.9 Å². The molecule has 0 saturated carbocycles. The third-order valence-corrected chi connectivity index (χ3v) is 1.90. The smallest absolute Gasteiger partial charge is 0.168 e. The van der Waals surface area contributed by atoms with E-state index in [1.165, 1.54) is 11.9 Å². The van der Waals surface area contributed by atoms with Gasteiger partial charge in [0, 0.05) is 10.6 Å². The Morgan fingerprint density at radius 2 is 1.92 bits per heavy atom. The minimum absolute atomic E-state index is 0.267.